The number of carbonyl (C=O) groups is 1. The van der Waals surface area contributed by atoms with Crippen LogP contribution in [0.4, 0.5) is 5.69 Å². The largest absolute Gasteiger partial charge is 0.397 e. The second-order valence-corrected chi connectivity index (χ2v) is 3.33. The quantitative estimate of drug-likeness (QED) is 0.645. The molecular weight excluding hydrogens is 190 g/mol. The number of nitrogen functional groups attached to an aromatic ring is 1. The summed E-state index contributed by atoms with van der Waals surface area (Å²) in [7, 11) is 0. The lowest BCUT2D eigenvalue weighted by molar-refractivity contribution is 0.0932. The standard InChI is InChI=1S/C11H15N3O/c1-3-5-9(4-2)14-11(15)10-6-8(12)7-13-10/h1,6-7,9,13H,4-5,12H2,2H3,(H,14,15). The molecule has 1 amide bonds. The number of nitrogens with one attached hydrogen (secondary N) is 2. The van der Waals surface area contributed by atoms with Crippen molar-refractivity contribution >= 4 is 11.6 Å². The van der Waals surface area contributed by atoms with Gasteiger partial charge < -0.3 is 16.0 Å². The number of carbonyl (C=O) groups excluding carboxylic acids is 1. The van der Waals surface area contributed by atoms with Crippen molar-refractivity contribution in [3.63, 3.8) is 0 Å². The minimum absolute atomic E-state index is 0.0204. The van der Waals surface area contributed by atoms with Gasteiger partial charge in [-0.2, -0.15) is 0 Å². The van der Waals surface area contributed by atoms with E-state index in [4.69, 9.17) is 12.2 Å². The van der Waals surface area contributed by atoms with E-state index >= 15 is 0 Å². The summed E-state index contributed by atoms with van der Waals surface area (Å²) >= 11 is 0. The summed E-state index contributed by atoms with van der Waals surface area (Å²) in [6.07, 6.45) is 8.13. The van der Waals surface area contributed by atoms with E-state index in [1.54, 1.807) is 12.3 Å². The first-order valence-corrected chi connectivity index (χ1v) is 4.85. The fraction of sp³-hybridized carbons (Fsp3) is 0.364. The molecule has 0 saturated carbocycles. The number of rotatable bonds is 4. The van der Waals surface area contributed by atoms with E-state index in [2.05, 4.69) is 16.2 Å². The van der Waals surface area contributed by atoms with Crippen LogP contribution in [-0.2, 0) is 0 Å². The zero-order valence-electron chi connectivity index (χ0n) is 8.71. The normalized spacial score (nSPS) is 11.7. The Morgan fingerprint density at radius 1 is 1.80 bits per heavy atom. The van der Waals surface area contributed by atoms with Crippen molar-refractivity contribution in [2.45, 2.75) is 25.8 Å². The molecule has 0 bridgehead atoms. The monoisotopic (exact) mass is 205 g/mol. The van der Waals surface area contributed by atoms with E-state index in [-0.39, 0.29) is 11.9 Å². The molecule has 15 heavy (non-hydrogen) atoms. The van der Waals surface area contributed by atoms with E-state index in [1.165, 1.54) is 0 Å². The van der Waals surface area contributed by atoms with Crippen molar-refractivity contribution in [2.24, 2.45) is 0 Å². The highest BCUT2D eigenvalue weighted by Gasteiger charge is 2.12. The van der Waals surface area contributed by atoms with Gasteiger partial charge in [0.15, 0.2) is 0 Å². The number of aromatic nitrogens is 1. The summed E-state index contributed by atoms with van der Waals surface area (Å²) in [6.45, 7) is 1.98. The Morgan fingerprint density at radius 2 is 2.53 bits per heavy atom. The van der Waals surface area contributed by atoms with Crippen LogP contribution >= 0.6 is 0 Å². The molecule has 1 rings (SSSR count). The molecular formula is C11H15N3O. The zero-order chi connectivity index (χ0) is 11.3. The Balaban J connectivity index is 2.59. The van der Waals surface area contributed by atoms with Crippen LogP contribution in [0.5, 0.6) is 0 Å². The molecule has 0 aliphatic carbocycles. The van der Waals surface area contributed by atoms with E-state index in [9.17, 15) is 4.79 Å². The summed E-state index contributed by atoms with van der Waals surface area (Å²) in [6, 6.07) is 1.62. The fourth-order valence-electron chi connectivity index (χ4n) is 1.25. The van der Waals surface area contributed by atoms with E-state index in [0.717, 1.165) is 6.42 Å². The molecule has 4 nitrogen and oxygen atoms in total. The first kappa shape index (κ1) is 11.2. The van der Waals surface area contributed by atoms with Gasteiger partial charge in [0.25, 0.3) is 5.91 Å². The Labute approximate surface area is 89.2 Å². The Hall–Kier alpha value is -1.89. The SMILES string of the molecule is C#CCC(CC)NC(=O)c1cc(N)c[nH]1. The predicted molar refractivity (Wildman–Crippen MR) is 60.2 cm³/mol. The van der Waals surface area contributed by atoms with Gasteiger partial charge in [0, 0.05) is 24.3 Å². The second kappa shape index (κ2) is 5.11. The molecule has 1 aromatic heterocycles. The molecule has 0 saturated heterocycles. The van der Waals surface area contributed by atoms with Gasteiger partial charge in [-0.25, -0.2) is 0 Å². The maximum Gasteiger partial charge on any atom is 0.268 e. The summed E-state index contributed by atoms with van der Waals surface area (Å²) in [5.74, 6) is 2.36. The molecule has 1 unspecified atom stereocenters. The molecule has 4 N–H and O–H groups in total. The zero-order valence-corrected chi connectivity index (χ0v) is 8.71. The number of terminal acetylenes is 1. The third kappa shape index (κ3) is 3.06. The molecule has 0 aromatic carbocycles. The highest BCUT2D eigenvalue weighted by molar-refractivity contribution is 5.93. The highest BCUT2D eigenvalue weighted by atomic mass is 16.1. The van der Waals surface area contributed by atoms with Gasteiger partial charge in [0.05, 0.1) is 0 Å². The molecule has 1 heterocycles. The number of amides is 1. The van der Waals surface area contributed by atoms with E-state index < -0.39 is 0 Å². The summed E-state index contributed by atoms with van der Waals surface area (Å²) < 4.78 is 0. The van der Waals surface area contributed by atoms with Crippen LogP contribution in [0.1, 0.15) is 30.3 Å². The summed E-state index contributed by atoms with van der Waals surface area (Å²) in [5, 5.41) is 2.83. The lowest BCUT2D eigenvalue weighted by Gasteiger charge is -2.13. The predicted octanol–water partition coefficient (Wildman–Crippen LogP) is 1.13. The van der Waals surface area contributed by atoms with Gasteiger partial charge in [-0.15, -0.1) is 12.3 Å². The Morgan fingerprint density at radius 3 is 3.00 bits per heavy atom. The Kier molecular flexibility index (Phi) is 3.81. The van der Waals surface area contributed by atoms with Crippen LogP contribution in [0.2, 0.25) is 0 Å². The van der Waals surface area contributed by atoms with Crippen LogP contribution in [0, 0.1) is 12.3 Å². The smallest absolute Gasteiger partial charge is 0.268 e. The van der Waals surface area contributed by atoms with Crippen molar-refractivity contribution in [2.75, 3.05) is 5.73 Å². The van der Waals surface area contributed by atoms with Crippen LogP contribution in [0.25, 0.3) is 0 Å². The third-order valence-corrected chi connectivity index (χ3v) is 2.14. The van der Waals surface area contributed by atoms with E-state index in [0.29, 0.717) is 17.8 Å². The molecule has 1 atom stereocenters. The molecule has 80 valence electrons. The van der Waals surface area contributed by atoms with Crippen LogP contribution in [0.15, 0.2) is 12.3 Å². The summed E-state index contributed by atoms with van der Waals surface area (Å²) in [5.41, 5.74) is 6.50. The van der Waals surface area contributed by atoms with Crippen molar-refractivity contribution in [3.8, 4) is 12.3 Å². The lowest BCUT2D eigenvalue weighted by Crippen LogP contribution is -2.34. The average molecular weight is 205 g/mol. The van der Waals surface area contributed by atoms with Gasteiger partial charge in [-0.3, -0.25) is 4.79 Å². The summed E-state index contributed by atoms with van der Waals surface area (Å²) in [4.78, 5) is 14.4. The molecule has 0 aliphatic rings. The van der Waals surface area contributed by atoms with Crippen molar-refractivity contribution in [1.29, 1.82) is 0 Å². The number of hydrogen-bond acceptors (Lipinski definition) is 2. The van der Waals surface area contributed by atoms with Crippen molar-refractivity contribution < 1.29 is 4.79 Å². The maximum absolute atomic E-state index is 11.6. The first-order valence-electron chi connectivity index (χ1n) is 4.85. The van der Waals surface area contributed by atoms with Gasteiger partial charge in [-0.1, -0.05) is 6.92 Å². The van der Waals surface area contributed by atoms with Crippen LogP contribution in [0.3, 0.4) is 0 Å². The highest BCUT2D eigenvalue weighted by Crippen LogP contribution is 2.05. The second-order valence-electron chi connectivity index (χ2n) is 3.33. The topological polar surface area (TPSA) is 70.9 Å². The van der Waals surface area contributed by atoms with E-state index in [1.807, 2.05) is 6.92 Å². The van der Waals surface area contributed by atoms with Crippen molar-refractivity contribution in [1.82, 2.24) is 10.3 Å². The first-order chi connectivity index (χ1) is 7.17. The maximum atomic E-state index is 11.6. The van der Waals surface area contributed by atoms with Crippen LogP contribution < -0.4 is 11.1 Å². The number of H-pyrrole nitrogens is 1. The molecule has 0 fully saturated rings. The van der Waals surface area contributed by atoms with Gasteiger partial charge in [0.2, 0.25) is 0 Å². The Bertz CT molecular complexity index is 375. The molecule has 0 aliphatic heterocycles. The molecule has 4 heteroatoms. The lowest BCUT2D eigenvalue weighted by atomic mass is 10.1. The number of aromatic amines is 1. The number of hydrogen-bond donors (Lipinski definition) is 3. The van der Waals surface area contributed by atoms with Gasteiger partial charge in [0.1, 0.15) is 5.69 Å². The molecule has 0 spiro atoms. The fourth-order valence-corrected chi connectivity index (χ4v) is 1.25. The van der Waals surface area contributed by atoms with Gasteiger partial charge in [-0.05, 0) is 12.5 Å². The third-order valence-electron chi connectivity index (χ3n) is 2.14. The minimum atomic E-state index is -0.172. The minimum Gasteiger partial charge on any atom is -0.397 e. The number of nitrogens with two attached hydrogens (primary N) is 1. The average Bonchev–Trinajstić information content (AvgIpc) is 2.64. The number of anilines is 1. The van der Waals surface area contributed by atoms with Crippen molar-refractivity contribution in [3.05, 3.63) is 18.0 Å². The van der Waals surface area contributed by atoms with Crippen LogP contribution in [-0.4, -0.2) is 16.9 Å². The molecule has 1 aromatic rings. The molecule has 0 radical (unpaired) electrons. The van der Waals surface area contributed by atoms with Gasteiger partial charge >= 0.3 is 0 Å².